The van der Waals surface area contributed by atoms with Gasteiger partial charge in [0, 0.05) is 34.0 Å². The summed E-state index contributed by atoms with van der Waals surface area (Å²) in [5, 5.41) is 24.6. The lowest BCUT2D eigenvalue weighted by atomic mass is 9.98. The summed E-state index contributed by atoms with van der Waals surface area (Å²) in [6, 6.07) is 12.7. The van der Waals surface area contributed by atoms with E-state index in [0.717, 1.165) is 48.1 Å². The molecule has 158 valence electrons. The average molecular weight is 415 g/mol. The minimum absolute atomic E-state index is 0.102. The number of fused-ring (bicyclic) bond motifs is 2. The number of phenols is 1. The highest BCUT2D eigenvalue weighted by Gasteiger charge is 2.26. The molecule has 3 heterocycles. The van der Waals surface area contributed by atoms with E-state index in [9.17, 15) is 15.0 Å². The Morgan fingerprint density at radius 2 is 2.00 bits per heavy atom. The highest BCUT2D eigenvalue weighted by Crippen LogP contribution is 2.37. The maximum Gasteiger partial charge on any atom is 0.176 e. The molecule has 0 bridgehead atoms. The van der Waals surface area contributed by atoms with Crippen LogP contribution in [0.3, 0.4) is 0 Å². The number of hydrogen-bond acceptors (Lipinski definition) is 6. The number of carbonyl (C=O) groups is 1. The van der Waals surface area contributed by atoms with Gasteiger partial charge in [-0.15, -0.1) is 0 Å². The molecule has 3 aromatic rings. The van der Waals surface area contributed by atoms with E-state index in [0.29, 0.717) is 23.2 Å². The summed E-state index contributed by atoms with van der Waals surface area (Å²) >= 11 is 0. The third-order valence-corrected chi connectivity index (χ3v) is 6.15. The third kappa shape index (κ3) is 3.80. The molecule has 5 rings (SSSR count). The maximum atomic E-state index is 12.9. The number of aromatic hydroxyl groups is 1. The molecule has 0 spiro atoms. The van der Waals surface area contributed by atoms with Crippen molar-refractivity contribution in [2.75, 3.05) is 25.0 Å². The summed E-state index contributed by atoms with van der Waals surface area (Å²) in [5.74, 6) is 0.221. The van der Waals surface area contributed by atoms with E-state index in [1.54, 1.807) is 12.3 Å². The van der Waals surface area contributed by atoms with Crippen molar-refractivity contribution in [3.05, 3.63) is 65.4 Å². The van der Waals surface area contributed by atoms with Crippen LogP contribution in [-0.4, -0.2) is 51.7 Å². The van der Waals surface area contributed by atoms with E-state index < -0.39 is 6.23 Å². The number of rotatable bonds is 4. The quantitative estimate of drug-likeness (QED) is 0.561. The van der Waals surface area contributed by atoms with Crippen LogP contribution in [0, 0.1) is 0 Å². The van der Waals surface area contributed by atoms with Crippen molar-refractivity contribution in [1.29, 1.82) is 0 Å². The van der Waals surface area contributed by atoms with Crippen LogP contribution in [0.1, 0.15) is 40.7 Å². The Labute approximate surface area is 180 Å². The number of aromatic nitrogens is 1. The van der Waals surface area contributed by atoms with E-state index >= 15 is 0 Å². The van der Waals surface area contributed by atoms with Crippen molar-refractivity contribution in [3.8, 4) is 5.75 Å². The molecule has 6 heteroatoms. The standard InChI is InChI=1S/C25H25N3O3/c29-22-9-7-16(18-5-4-10-26-24(18)22)13-20-19-14-17(6-8-21(19)27-25(20)31)23(30)15-28-11-2-1-3-12-28/h4-10,13-14,25,27,29,31H,1-3,11-12,15H2. The molecule has 6 nitrogen and oxygen atoms in total. The van der Waals surface area contributed by atoms with Gasteiger partial charge in [-0.3, -0.25) is 14.7 Å². The van der Waals surface area contributed by atoms with Gasteiger partial charge >= 0.3 is 0 Å². The molecule has 0 amide bonds. The number of aliphatic hydroxyl groups excluding tert-OH is 1. The van der Waals surface area contributed by atoms with Crippen molar-refractivity contribution in [3.63, 3.8) is 0 Å². The highest BCUT2D eigenvalue weighted by atomic mass is 16.3. The number of Topliss-reactive ketones (excluding diaryl/α,β-unsaturated/α-hetero) is 1. The van der Waals surface area contributed by atoms with Gasteiger partial charge in [0.05, 0.1) is 6.54 Å². The molecule has 2 aliphatic heterocycles. The first-order valence-electron chi connectivity index (χ1n) is 10.7. The predicted octanol–water partition coefficient (Wildman–Crippen LogP) is 3.89. The van der Waals surface area contributed by atoms with E-state index in [-0.39, 0.29) is 11.5 Å². The number of piperidine rings is 1. The predicted molar refractivity (Wildman–Crippen MR) is 122 cm³/mol. The van der Waals surface area contributed by atoms with Crippen molar-refractivity contribution < 1.29 is 15.0 Å². The number of ketones is 1. The molecule has 1 atom stereocenters. The Morgan fingerprint density at radius 3 is 2.84 bits per heavy atom. The fourth-order valence-corrected chi connectivity index (χ4v) is 4.50. The molecule has 0 aliphatic carbocycles. The SMILES string of the molecule is O=C(CN1CCCCC1)c1ccc2c(c1)C(=Cc1ccc(O)c3ncccc13)C(O)N2. The summed E-state index contributed by atoms with van der Waals surface area (Å²) < 4.78 is 0. The fourth-order valence-electron chi connectivity index (χ4n) is 4.50. The summed E-state index contributed by atoms with van der Waals surface area (Å²) in [6.45, 7) is 2.39. The zero-order chi connectivity index (χ0) is 21.4. The van der Waals surface area contributed by atoms with Gasteiger partial charge in [-0.05, 0) is 67.9 Å². The van der Waals surface area contributed by atoms with Crippen LogP contribution < -0.4 is 5.32 Å². The van der Waals surface area contributed by atoms with Gasteiger partial charge in [0.15, 0.2) is 12.0 Å². The van der Waals surface area contributed by atoms with Crippen LogP contribution in [0.15, 0.2) is 48.7 Å². The number of nitrogens with zero attached hydrogens (tertiary/aromatic N) is 2. The second-order valence-corrected chi connectivity index (χ2v) is 8.24. The molecule has 1 unspecified atom stereocenters. The zero-order valence-electron chi connectivity index (χ0n) is 17.2. The van der Waals surface area contributed by atoms with Crippen LogP contribution in [-0.2, 0) is 0 Å². The summed E-state index contributed by atoms with van der Waals surface area (Å²) in [6.07, 6.45) is 6.20. The molecule has 2 aromatic carbocycles. The molecular formula is C25H25N3O3. The molecule has 0 saturated carbocycles. The molecular weight excluding hydrogens is 390 g/mol. The zero-order valence-corrected chi connectivity index (χ0v) is 17.2. The smallest absolute Gasteiger partial charge is 0.176 e. The van der Waals surface area contributed by atoms with Crippen LogP contribution in [0.25, 0.3) is 22.6 Å². The molecule has 1 fully saturated rings. The van der Waals surface area contributed by atoms with Crippen LogP contribution >= 0.6 is 0 Å². The minimum atomic E-state index is -0.872. The van der Waals surface area contributed by atoms with Crippen molar-refractivity contribution in [1.82, 2.24) is 9.88 Å². The lowest BCUT2D eigenvalue weighted by Gasteiger charge is -2.25. The van der Waals surface area contributed by atoms with E-state index in [1.165, 1.54) is 6.42 Å². The summed E-state index contributed by atoms with van der Waals surface area (Å²) in [4.78, 5) is 19.4. The van der Waals surface area contributed by atoms with Gasteiger partial charge in [0.25, 0.3) is 0 Å². The Morgan fingerprint density at radius 1 is 1.16 bits per heavy atom. The van der Waals surface area contributed by atoms with Gasteiger partial charge < -0.3 is 15.5 Å². The van der Waals surface area contributed by atoms with Gasteiger partial charge in [-0.2, -0.15) is 0 Å². The molecule has 1 aromatic heterocycles. The van der Waals surface area contributed by atoms with Crippen molar-refractivity contribution in [2.24, 2.45) is 0 Å². The number of nitrogens with one attached hydrogen (secondary N) is 1. The molecule has 1 saturated heterocycles. The Kier molecular flexibility index (Phi) is 5.18. The summed E-state index contributed by atoms with van der Waals surface area (Å²) in [7, 11) is 0. The van der Waals surface area contributed by atoms with E-state index in [1.807, 2.05) is 42.5 Å². The first kappa shape index (κ1) is 19.7. The molecule has 0 radical (unpaired) electrons. The lowest BCUT2D eigenvalue weighted by Crippen LogP contribution is -2.34. The fraction of sp³-hybridized carbons (Fsp3) is 0.280. The normalized spacial score (nSPS) is 20.0. The number of likely N-dealkylation sites (tertiary alicyclic amines) is 1. The van der Waals surface area contributed by atoms with E-state index in [4.69, 9.17) is 0 Å². The molecule has 31 heavy (non-hydrogen) atoms. The summed E-state index contributed by atoms with van der Waals surface area (Å²) in [5.41, 5.74) is 4.33. The van der Waals surface area contributed by atoms with Gasteiger partial charge in [-0.1, -0.05) is 18.6 Å². The Hall–Kier alpha value is -3.22. The average Bonchev–Trinajstić information content (AvgIpc) is 3.10. The van der Waals surface area contributed by atoms with Crippen molar-refractivity contribution >= 4 is 34.0 Å². The number of benzene rings is 2. The maximum absolute atomic E-state index is 12.9. The first-order valence-corrected chi connectivity index (χ1v) is 10.7. The first-order chi connectivity index (χ1) is 15.1. The highest BCUT2D eigenvalue weighted by molar-refractivity contribution is 6.03. The monoisotopic (exact) mass is 415 g/mol. The number of pyridine rings is 1. The number of anilines is 1. The van der Waals surface area contributed by atoms with Crippen LogP contribution in [0.5, 0.6) is 5.75 Å². The van der Waals surface area contributed by atoms with Crippen molar-refractivity contribution in [2.45, 2.75) is 25.5 Å². The second-order valence-electron chi connectivity index (χ2n) is 8.24. The molecule has 2 aliphatic rings. The lowest BCUT2D eigenvalue weighted by molar-refractivity contribution is 0.0915. The second kappa shape index (κ2) is 8.13. The largest absolute Gasteiger partial charge is 0.506 e. The number of hydrogen-bond donors (Lipinski definition) is 3. The van der Waals surface area contributed by atoms with Gasteiger partial charge in [0.1, 0.15) is 11.3 Å². The Bertz CT molecular complexity index is 1180. The topological polar surface area (TPSA) is 85.7 Å². The molecule has 3 N–H and O–H groups in total. The number of aliphatic hydroxyl groups is 1. The Balaban J connectivity index is 1.50. The number of phenolic OH excluding ortho intramolecular Hbond substituents is 1. The van der Waals surface area contributed by atoms with Crippen LogP contribution in [0.2, 0.25) is 0 Å². The van der Waals surface area contributed by atoms with Gasteiger partial charge in [-0.25, -0.2) is 0 Å². The number of carbonyl (C=O) groups excluding carboxylic acids is 1. The van der Waals surface area contributed by atoms with E-state index in [2.05, 4.69) is 15.2 Å². The minimum Gasteiger partial charge on any atom is -0.506 e. The third-order valence-electron chi connectivity index (χ3n) is 6.15. The van der Waals surface area contributed by atoms with Gasteiger partial charge in [0.2, 0.25) is 0 Å². The van der Waals surface area contributed by atoms with Crippen LogP contribution in [0.4, 0.5) is 5.69 Å².